The summed E-state index contributed by atoms with van der Waals surface area (Å²) in [4.78, 5) is 13.2. The maximum atomic E-state index is 13.0. The van der Waals surface area contributed by atoms with Crippen LogP contribution in [0.15, 0.2) is 30.3 Å². The Hall–Kier alpha value is -1.79. The molecule has 1 heterocycles. The molecule has 0 aliphatic carbocycles. The topological polar surface area (TPSA) is 38.3 Å². The lowest BCUT2D eigenvalue weighted by atomic mass is 10.2. The molecule has 0 saturated heterocycles. The normalized spacial score (nSPS) is 10.6. The highest BCUT2D eigenvalue weighted by molar-refractivity contribution is 7.12. The van der Waals surface area contributed by atoms with Gasteiger partial charge in [-0.3, -0.25) is 4.79 Å². The molecule has 2 rings (SSSR count). The quantitative estimate of drug-likeness (QED) is 0.833. The molecule has 0 spiro atoms. The zero-order chi connectivity index (χ0) is 15.2. The molecular weight excluding hydrogens is 296 g/mol. The van der Waals surface area contributed by atoms with Crippen LogP contribution in [0.5, 0.6) is 0 Å². The van der Waals surface area contributed by atoms with E-state index in [9.17, 15) is 13.6 Å². The van der Waals surface area contributed by atoms with Crippen molar-refractivity contribution >= 4 is 17.3 Å². The first-order valence-corrected chi connectivity index (χ1v) is 7.19. The second-order valence-corrected chi connectivity index (χ2v) is 5.73. The minimum atomic E-state index is -0.843. The van der Waals surface area contributed by atoms with Crippen LogP contribution in [0.4, 0.5) is 8.78 Å². The second-order valence-electron chi connectivity index (χ2n) is 4.47. The summed E-state index contributed by atoms with van der Waals surface area (Å²) < 4.78 is 30.4. The van der Waals surface area contributed by atoms with E-state index in [2.05, 4.69) is 10.1 Å². The third-order valence-corrected chi connectivity index (χ3v) is 3.96. The van der Waals surface area contributed by atoms with E-state index in [0.717, 1.165) is 15.8 Å². The van der Waals surface area contributed by atoms with Crippen LogP contribution in [0.1, 0.15) is 15.3 Å². The van der Waals surface area contributed by atoms with E-state index in [4.69, 9.17) is 0 Å². The predicted octanol–water partition coefficient (Wildman–Crippen LogP) is 3.03. The van der Waals surface area contributed by atoms with Gasteiger partial charge in [-0.2, -0.15) is 0 Å². The van der Waals surface area contributed by atoms with Gasteiger partial charge in [-0.1, -0.05) is 6.07 Å². The van der Waals surface area contributed by atoms with Crippen LogP contribution in [0.2, 0.25) is 0 Å². The highest BCUT2D eigenvalue weighted by Gasteiger charge is 2.06. The third-order valence-electron chi connectivity index (χ3n) is 2.88. The fraction of sp³-hybridized carbons (Fsp3) is 0.267. The van der Waals surface area contributed by atoms with Gasteiger partial charge in [0.2, 0.25) is 0 Å². The van der Waals surface area contributed by atoms with Gasteiger partial charge >= 0.3 is 5.97 Å². The maximum absolute atomic E-state index is 13.0. The molecule has 1 N–H and O–H groups in total. The molecule has 1 aromatic heterocycles. The molecule has 3 nitrogen and oxygen atoms in total. The van der Waals surface area contributed by atoms with E-state index >= 15 is 0 Å². The number of thiophene rings is 1. The van der Waals surface area contributed by atoms with Crippen molar-refractivity contribution in [1.82, 2.24) is 5.32 Å². The molecule has 0 amide bonds. The first kappa shape index (κ1) is 15.6. The summed E-state index contributed by atoms with van der Waals surface area (Å²) in [6, 6.07) is 7.66. The Morgan fingerprint density at radius 3 is 2.62 bits per heavy atom. The van der Waals surface area contributed by atoms with Gasteiger partial charge in [-0.05, 0) is 29.8 Å². The minimum Gasteiger partial charge on any atom is -0.469 e. The van der Waals surface area contributed by atoms with E-state index in [1.54, 1.807) is 6.07 Å². The number of methoxy groups -OCH3 is 1. The summed E-state index contributed by atoms with van der Waals surface area (Å²) in [5, 5.41) is 3.15. The fourth-order valence-corrected chi connectivity index (χ4v) is 2.78. The monoisotopic (exact) mass is 311 g/mol. The van der Waals surface area contributed by atoms with Gasteiger partial charge in [-0.25, -0.2) is 8.78 Å². The van der Waals surface area contributed by atoms with Gasteiger partial charge in [-0.15, -0.1) is 11.3 Å². The number of carbonyl (C=O) groups excluding carboxylic acids is 1. The Morgan fingerprint density at radius 2 is 1.90 bits per heavy atom. The summed E-state index contributed by atoms with van der Waals surface area (Å²) in [6.45, 7) is 1.05. The van der Waals surface area contributed by atoms with Gasteiger partial charge in [0.25, 0.3) is 0 Å². The zero-order valence-corrected chi connectivity index (χ0v) is 12.3. The van der Waals surface area contributed by atoms with E-state index < -0.39 is 11.6 Å². The molecule has 0 aliphatic heterocycles. The predicted molar refractivity (Wildman–Crippen MR) is 76.9 cm³/mol. The van der Waals surface area contributed by atoms with E-state index in [1.807, 2.05) is 12.1 Å². The zero-order valence-electron chi connectivity index (χ0n) is 11.5. The Kier molecular flexibility index (Phi) is 5.41. The lowest BCUT2D eigenvalue weighted by molar-refractivity contribution is -0.139. The molecule has 6 heteroatoms. The number of ether oxygens (including phenoxy) is 1. The van der Waals surface area contributed by atoms with Crippen LogP contribution >= 0.6 is 11.3 Å². The Balaban J connectivity index is 1.83. The third kappa shape index (κ3) is 4.61. The lowest BCUT2D eigenvalue weighted by Gasteiger charge is -2.04. The van der Waals surface area contributed by atoms with E-state index in [0.29, 0.717) is 18.7 Å². The number of carbonyl (C=O) groups is 1. The molecular formula is C15H15F2NO2S. The van der Waals surface area contributed by atoms with Crippen molar-refractivity contribution < 1.29 is 18.3 Å². The second kappa shape index (κ2) is 7.28. The molecule has 2 aromatic rings. The van der Waals surface area contributed by atoms with Crippen molar-refractivity contribution in [2.45, 2.75) is 19.5 Å². The highest BCUT2D eigenvalue weighted by Crippen LogP contribution is 2.17. The van der Waals surface area contributed by atoms with Crippen molar-refractivity contribution in [3.8, 4) is 0 Å². The number of hydrogen-bond donors (Lipinski definition) is 1. The molecule has 0 atom stereocenters. The number of nitrogens with one attached hydrogen (secondary N) is 1. The van der Waals surface area contributed by atoms with Crippen LogP contribution in [0.3, 0.4) is 0 Å². The fourth-order valence-electron chi connectivity index (χ4n) is 1.81. The van der Waals surface area contributed by atoms with Gasteiger partial charge < -0.3 is 10.1 Å². The maximum Gasteiger partial charge on any atom is 0.310 e. The minimum absolute atomic E-state index is 0.266. The first-order valence-electron chi connectivity index (χ1n) is 6.37. The van der Waals surface area contributed by atoms with Crippen molar-refractivity contribution in [2.75, 3.05) is 7.11 Å². The van der Waals surface area contributed by atoms with Crippen LogP contribution in [-0.2, 0) is 29.0 Å². The Morgan fingerprint density at radius 1 is 1.14 bits per heavy atom. The average Bonchev–Trinajstić information content (AvgIpc) is 2.90. The van der Waals surface area contributed by atoms with Crippen molar-refractivity contribution in [3.05, 3.63) is 57.3 Å². The molecule has 0 fully saturated rings. The highest BCUT2D eigenvalue weighted by atomic mass is 32.1. The van der Waals surface area contributed by atoms with Crippen LogP contribution in [-0.4, -0.2) is 13.1 Å². The molecule has 0 saturated carbocycles. The molecule has 21 heavy (non-hydrogen) atoms. The molecule has 0 unspecified atom stereocenters. The van der Waals surface area contributed by atoms with Crippen molar-refractivity contribution in [2.24, 2.45) is 0 Å². The van der Waals surface area contributed by atoms with E-state index in [1.165, 1.54) is 24.5 Å². The molecule has 1 aromatic carbocycles. The summed E-state index contributed by atoms with van der Waals surface area (Å²) in [7, 11) is 1.36. The van der Waals surface area contributed by atoms with Crippen molar-refractivity contribution in [3.63, 3.8) is 0 Å². The van der Waals surface area contributed by atoms with E-state index in [-0.39, 0.29) is 12.4 Å². The van der Waals surface area contributed by atoms with Crippen LogP contribution in [0, 0.1) is 11.6 Å². The summed E-state index contributed by atoms with van der Waals surface area (Å²) >= 11 is 1.52. The standard InChI is InChI=1S/C15H15F2NO2S/c1-20-15(19)7-11-3-4-12(21-11)9-18-8-10-2-5-13(16)14(17)6-10/h2-6,18H,7-9H2,1H3. The summed E-state index contributed by atoms with van der Waals surface area (Å²) in [5.74, 6) is -1.95. The number of rotatable bonds is 6. The van der Waals surface area contributed by atoms with Crippen LogP contribution in [0.25, 0.3) is 0 Å². The Bertz CT molecular complexity index is 628. The smallest absolute Gasteiger partial charge is 0.310 e. The number of esters is 1. The number of halogens is 2. The number of benzene rings is 1. The van der Waals surface area contributed by atoms with Crippen molar-refractivity contribution in [1.29, 1.82) is 0 Å². The molecule has 112 valence electrons. The average molecular weight is 311 g/mol. The largest absolute Gasteiger partial charge is 0.469 e. The Labute approximate surface area is 125 Å². The first-order chi connectivity index (χ1) is 10.1. The van der Waals surface area contributed by atoms with Gasteiger partial charge in [0.1, 0.15) is 0 Å². The molecule has 0 aliphatic rings. The molecule has 0 bridgehead atoms. The van der Waals surface area contributed by atoms with Gasteiger partial charge in [0.05, 0.1) is 13.5 Å². The van der Waals surface area contributed by atoms with Gasteiger partial charge in [0.15, 0.2) is 11.6 Å². The van der Waals surface area contributed by atoms with Crippen LogP contribution < -0.4 is 5.32 Å². The number of hydrogen-bond acceptors (Lipinski definition) is 4. The lowest BCUT2D eigenvalue weighted by Crippen LogP contribution is -2.12. The van der Waals surface area contributed by atoms with Gasteiger partial charge in [0, 0.05) is 22.8 Å². The summed E-state index contributed by atoms with van der Waals surface area (Å²) in [6.07, 6.45) is 0.268. The SMILES string of the molecule is COC(=O)Cc1ccc(CNCc2ccc(F)c(F)c2)s1. The summed E-state index contributed by atoms with van der Waals surface area (Å²) in [5.41, 5.74) is 0.681. The molecule has 0 radical (unpaired) electrons.